The molecule has 21 heavy (non-hydrogen) atoms. The van der Waals surface area contributed by atoms with Crippen molar-refractivity contribution in [2.24, 2.45) is 5.84 Å². The van der Waals surface area contributed by atoms with E-state index in [9.17, 15) is 0 Å². The molecule has 3 nitrogen and oxygen atoms in total. The topological polar surface area (TPSA) is 47.3 Å². The fourth-order valence-electron chi connectivity index (χ4n) is 2.78. The van der Waals surface area contributed by atoms with Crippen LogP contribution in [0, 0.1) is 0 Å². The number of ether oxygens (including phenoxy) is 1. The van der Waals surface area contributed by atoms with Crippen LogP contribution >= 0.6 is 11.8 Å². The van der Waals surface area contributed by atoms with Gasteiger partial charge in [0.2, 0.25) is 0 Å². The van der Waals surface area contributed by atoms with Crippen molar-refractivity contribution >= 4 is 11.8 Å². The van der Waals surface area contributed by atoms with Crippen molar-refractivity contribution < 1.29 is 4.74 Å². The predicted molar refractivity (Wildman–Crippen MR) is 91.6 cm³/mol. The molecule has 0 aliphatic heterocycles. The molecule has 1 aliphatic carbocycles. The van der Waals surface area contributed by atoms with Crippen molar-refractivity contribution in [1.82, 2.24) is 5.43 Å². The molecule has 3 N–H and O–H groups in total. The molecule has 0 saturated heterocycles. The number of rotatable bonds is 7. The summed E-state index contributed by atoms with van der Waals surface area (Å²) >= 11 is 2.06. The normalized spacial score (nSPS) is 17.9. The minimum Gasteiger partial charge on any atom is -0.491 e. The molecule has 1 aromatic rings. The molecule has 4 heteroatoms. The van der Waals surface area contributed by atoms with Gasteiger partial charge < -0.3 is 4.74 Å². The average Bonchev–Trinajstić information content (AvgIpc) is 2.49. The summed E-state index contributed by atoms with van der Waals surface area (Å²) in [5.74, 6) is 7.71. The summed E-state index contributed by atoms with van der Waals surface area (Å²) in [6, 6.07) is 8.46. The molecule has 0 amide bonds. The molecule has 1 aliphatic rings. The molecule has 0 aromatic heterocycles. The van der Waals surface area contributed by atoms with E-state index >= 15 is 0 Å². The summed E-state index contributed by atoms with van der Waals surface area (Å²) in [5.41, 5.74) is 4.17. The molecule has 0 heterocycles. The van der Waals surface area contributed by atoms with Crippen LogP contribution in [-0.2, 0) is 0 Å². The zero-order valence-corrected chi connectivity index (χ0v) is 14.0. The molecule has 1 fully saturated rings. The van der Waals surface area contributed by atoms with Crippen LogP contribution in [-0.4, -0.2) is 17.1 Å². The Bertz CT molecular complexity index is 419. The van der Waals surface area contributed by atoms with Crippen molar-refractivity contribution in [2.75, 3.05) is 5.75 Å². The van der Waals surface area contributed by atoms with Gasteiger partial charge in [0.1, 0.15) is 5.75 Å². The number of nitrogens with one attached hydrogen (secondary N) is 1. The Balaban J connectivity index is 1.92. The van der Waals surface area contributed by atoms with E-state index < -0.39 is 0 Å². The molecular weight excluding hydrogens is 280 g/mol. The van der Waals surface area contributed by atoms with Crippen molar-refractivity contribution in [3.05, 3.63) is 29.8 Å². The second kappa shape index (κ2) is 8.66. The van der Waals surface area contributed by atoms with Crippen LogP contribution in [0.2, 0.25) is 0 Å². The van der Waals surface area contributed by atoms with Crippen LogP contribution in [0.5, 0.6) is 5.75 Å². The SMILES string of the molecule is CC(C)Oc1cccc(C(CSC2CCCCC2)NN)c1. The summed E-state index contributed by atoms with van der Waals surface area (Å²) in [6.45, 7) is 4.09. The van der Waals surface area contributed by atoms with Crippen LogP contribution in [0.25, 0.3) is 0 Å². The van der Waals surface area contributed by atoms with Crippen molar-refractivity contribution in [3.63, 3.8) is 0 Å². The first kappa shape index (κ1) is 16.7. The van der Waals surface area contributed by atoms with E-state index in [1.807, 2.05) is 26.0 Å². The van der Waals surface area contributed by atoms with E-state index in [2.05, 4.69) is 29.3 Å². The van der Waals surface area contributed by atoms with Gasteiger partial charge in [-0.1, -0.05) is 31.4 Å². The molecule has 118 valence electrons. The van der Waals surface area contributed by atoms with Gasteiger partial charge in [-0.3, -0.25) is 11.3 Å². The van der Waals surface area contributed by atoms with E-state index in [-0.39, 0.29) is 12.1 Å². The Labute approximate surface area is 133 Å². The highest BCUT2D eigenvalue weighted by atomic mass is 32.2. The lowest BCUT2D eigenvalue weighted by molar-refractivity contribution is 0.242. The molecule has 0 radical (unpaired) electrons. The molecule has 1 saturated carbocycles. The molecule has 1 unspecified atom stereocenters. The van der Waals surface area contributed by atoms with Gasteiger partial charge in [0.05, 0.1) is 12.1 Å². The third kappa shape index (κ3) is 5.53. The standard InChI is InChI=1S/C17H28N2OS/c1-13(2)20-15-8-6-7-14(11-15)17(19-18)12-21-16-9-4-3-5-10-16/h6-8,11,13,16-17,19H,3-5,9-10,12,18H2,1-2H3. The lowest BCUT2D eigenvalue weighted by atomic mass is 10.0. The Kier molecular flexibility index (Phi) is 6.87. The molecule has 2 rings (SSSR count). The Hall–Kier alpha value is -0.710. The highest BCUT2D eigenvalue weighted by Gasteiger charge is 2.17. The van der Waals surface area contributed by atoms with E-state index in [1.54, 1.807) is 0 Å². The highest BCUT2D eigenvalue weighted by Crippen LogP contribution is 2.31. The fourth-order valence-corrected chi connectivity index (χ4v) is 4.20. The second-order valence-corrected chi connectivity index (χ2v) is 7.39. The zero-order valence-electron chi connectivity index (χ0n) is 13.2. The van der Waals surface area contributed by atoms with Crippen LogP contribution in [0.15, 0.2) is 24.3 Å². The molecule has 0 spiro atoms. The third-order valence-corrected chi connectivity index (χ3v) is 5.35. The number of hydrogen-bond donors (Lipinski definition) is 2. The van der Waals surface area contributed by atoms with E-state index in [0.717, 1.165) is 16.8 Å². The Morgan fingerprint density at radius 1 is 1.29 bits per heavy atom. The van der Waals surface area contributed by atoms with Gasteiger partial charge in [0.25, 0.3) is 0 Å². The summed E-state index contributed by atoms with van der Waals surface area (Å²) in [5, 5.41) is 0.810. The maximum absolute atomic E-state index is 5.77. The highest BCUT2D eigenvalue weighted by molar-refractivity contribution is 7.99. The smallest absolute Gasteiger partial charge is 0.120 e. The zero-order chi connectivity index (χ0) is 15.1. The van der Waals surface area contributed by atoms with Crippen molar-refractivity contribution in [3.8, 4) is 5.75 Å². The number of hydrazine groups is 1. The monoisotopic (exact) mass is 308 g/mol. The van der Waals surface area contributed by atoms with Crippen molar-refractivity contribution in [2.45, 2.75) is 63.3 Å². The Morgan fingerprint density at radius 3 is 2.71 bits per heavy atom. The van der Waals surface area contributed by atoms with Gasteiger partial charge in [0, 0.05) is 11.0 Å². The molecule has 1 aromatic carbocycles. The first-order valence-electron chi connectivity index (χ1n) is 8.03. The first-order valence-corrected chi connectivity index (χ1v) is 9.08. The van der Waals surface area contributed by atoms with Gasteiger partial charge in [0.15, 0.2) is 0 Å². The van der Waals surface area contributed by atoms with Crippen LogP contribution in [0.4, 0.5) is 0 Å². The second-order valence-electron chi connectivity index (χ2n) is 6.05. The van der Waals surface area contributed by atoms with Crippen molar-refractivity contribution in [1.29, 1.82) is 0 Å². The lowest BCUT2D eigenvalue weighted by Gasteiger charge is -2.24. The first-order chi connectivity index (χ1) is 10.2. The maximum atomic E-state index is 5.77. The third-order valence-electron chi connectivity index (χ3n) is 3.88. The number of benzene rings is 1. The lowest BCUT2D eigenvalue weighted by Crippen LogP contribution is -2.30. The summed E-state index contributed by atoms with van der Waals surface area (Å²) in [4.78, 5) is 0. The van der Waals surface area contributed by atoms with Crippen LogP contribution in [0.1, 0.15) is 57.6 Å². The Morgan fingerprint density at radius 2 is 2.05 bits per heavy atom. The summed E-state index contributed by atoms with van der Waals surface area (Å²) in [6.07, 6.45) is 7.09. The quantitative estimate of drug-likeness (QED) is 0.589. The number of hydrogen-bond acceptors (Lipinski definition) is 4. The van der Waals surface area contributed by atoms with E-state index in [4.69, 9.17) is 10.6 Å². The van der Waals surface area contributed by atoms with Gasteiger partial charge in [-0.05, 0) is 44.4 Å². The van der Waals surface area contributed by atoms with Gasteiger partial charge >= 0.3 is 0 Å². The fraction of sp³-hybridized carbons (Fsp3) is 0.647. The van der Waals surface area contributed by atoms with Crippen LogP contribution in [0.3, 0.4) is 0 Å². The maximum Gasteiger partial charge on any atom is 0.120 e. The molecule has 1 atom stereocenters. The molecule has 0 bridgehead atoms. The van der Waals surface area contributed by atoms with Crippen LogP contribution < -0.4 is 16.0 Å². The van der Waals surface area contributed by atoms with Gasteiger partial charge in [-0.15, -0.1) is 0 Å². The van der Waals surface area contributed by atoms with E-state index in [1.165, 1.54) is 37.7 Å². The summed E-state index contributed by atoms with van der Waals surface area (Å²) in [7, 11) is 0. The summed E-state index contributed by atoms with van der Waals surface area (Å²) < 4.78 is 5.77. The number of thioether (sulfide) groups is 1. The largest absolute Gasteiger partial charge is 0.491 e. The van der Waals surface area contributed by atoms with Gasteiger partial charge in [-0.25, -0.2) is 0 Å². The number of nitrogens with two attached hydrogens (primary N) is 1. The average molecular weight is 308 g/mol. The predicted octanol–water partition coefficient (Wildman–Crippen LogP) is 4.04. The molecular formula is C17H28N2OS. The van der Waals surface area contributed by atoms with E-state index in [0.29, 0.717) is 0 Å². The minimum absolute atomic E-state index is 0.188. The minimum atomic E-state index is 0.188. The van der Waals surface area contributed by atoms with Gasteiger partial charge in [-0.2, -0.15) is 11.8 Å².